The minimum atomic E-state index is -1.26. The van der Waals surface area contributed by atoms with Crippen LogP contribution in [0.4, 0.5) is 9.59 Å². The fraction of sp³-hybridized carbons (Fsp3) is 0.537. The van der Waals surface area contributed by atoms with Crippen molar-refractivity contribution in [2.45, 2.75) is 98.8 Å². The topological polar surface area (TPSA) is 205 Å². The molecule has 1 fully saturated rings. The highest BCUT2D eigenvalue weighted by molar-refractivity contribution is 7.13. The van der Waals surface area contributed by atoms with Gasteiger partial charge in [-0.1, -0.05) is 77.0 Å². The SMILES string of the molecule is COCc1nc(CN2CCN([C@H](C(=O)N[C@@H](Cc3ccccc3)[C@@H](O)CN(Cc3csc(-c4cc(C)on4)n3)NC(=O)[C@@H](NC(=O)OC)C(C)(C)C)C(C)(C)C)C2=O)cs1. The zero-order valence-electron chi connectivity index (χ0n) is 35.7. The molecule has 60 heavy (non-hydrogen) atoms. The van der Waals surface area contributed by atoms with Crippen LogP contribution >= 0.6 is 22.7 Å². The highest BCUT2D eigenvalue weighted by Crippen LogP contribution is 2.30. The summed E-state index contributed by atoms with van der Waals surface area (Å²) in [7, 11) is 2.82. The third-order valence-corrected chi connectivity index (χ3v) is 11.6. The number of hydrazine groups is 1. The molecule has 3 aromatic heterocycles. The van der Waals surface area contributed by atoms with Crippen molar-refractivity contribution in [2.24, 2.45) is 10.8 Å². The van der Waals surface area contributed by atoms with Gasteiger partial charge in [0.1, 0.15) is 33.6 Å². The van der Waals surface area contributed by atoms with Gasteiger partial charge in [-0.05, 0) is 29.7 Å². The molecule has 1 saturated heterocycles. The van der Waals surface area contributed by atoms with Crippen molar-refractivity contribution in [2.75, 3.05) is 33.9 Å². The van der Waals surface area contributed by atoms with Crippen molar-refractivity contribution in [1.29, 1.82) is 0 Å². The Hall–Kier alpha value is -4.95. The third kappa shape index (κ3) is 12.3. The Morgan fingerprint density at radius 2 is 1.68 bits per heavy atom. The molecule has 326 valence electrons. The van der Waals surface area contributed by atoms with E-state index < -0.39 is 53.0 Å². The van der Waals surface area contributed by atoms with E-state index in [9.17, 15) is 24.3 Å². The average Bonchev–Trinajstić information content (AvgIpc) is 4.00. The summed E-state index contributed by atoms with van der Waals surface area (Å²) in [5.74, 6) is -0.348. The standard InChI is InChI=1S/C41H57N9O8S2/c1-25-17-30(47-58-25)37-43-28(24-60-37)20-49(46-35(52)33(40(2,3)4)45-38(54)57-9)21-31(51)29(18-26-13-11-10-12-14-26)44-36(53)34(41(5,6)7)50-16-15-48(39(50)55)19-27-23-59-32(42-27)22-56-8/h10-14,17,23-24,29,31,33-34,51H,15-16,18-22H2,1-9H3,(H,44,53)(H,45,54)(H,46,52)/t29-,31-,33+,34+/m0/s1. The van der Waals surface area contributed by atoms with Crippen molar-refractivity contribution >= 4 is 46.6 Å². The number of nitrogens with one attached hydrogen (secondary N) is 3. The Morgan fingerprint density at radius 3 is 2.32 bits per heavy atom. The highest BCUT2D eigenvalue weighted by Gasteiger charge is 2.44. The molecule has 5 rings (SSSR count). The number of hydrogen-bond acceptors (Lipinski definition) is 14. The molecule has 0 bridgehead atoms. The molecule has 1 aliphatic heterocycles. The molecule has 0 radical (unpaired) electrons. The van der Waals surface area contributed by atoms with Gasteiger partial charge >= 0.3 is 12.1 Å². The van der Waals surface area contributed by atoms with Crippen LogP contribution in [0.25, 0.3) is 10.7 Å². The van der Waals surface area contributed by atoms with E-state index in [-0.39, 0.29) is 25.5 Å². The molecular weight excluding hydrogens is 811 g/mol. The maximum absolute atomic E-state index is 14.6. The van der Waals surface area contributed by atoms with Crippen LogP contribution in [0.3, 0.4) is 0 Å². The molecular formula is C41H57N9O8S2. The summed E-state index contributed by atoms with van der Waals surface area (Å²) in [5.41, 5.74) is 4.21. The van der Waals surface area contributed by atoms with Gasteiger partial charge in [-0.15, -0.1) is 22.7 Å². The van der Waals surface area contributed by atoms with Gasteiger partial charge < -0.3 is 39.5 Å². The summed E-state index contributed by atoms with van der Waals surface area (Å²) < 4.78 is 15.3. The minimum absolute atomic E-state index is 0.0475. The van der Waals surface area contributed by atoms with Crippen molar-refractivity contribution in [3.05, 3.63) is 74.9 Å². The van der Waals surface area contributed by atoms with E-state index in [1.165, 1.54) is 34.8 Å². The number of thiazole rings is 2. The van der Waals surface area contributed by atoms with Crippen LogP contribution in [-0.4, -0.2) is 117 Å². The summed E-state index contributed by atoms with van der Waals surface area (Å²) in [6, 6.07) is 8.14. The number of urea groups is 1. The quantitative estimate of drug-likeness (QED) is 0.100. The van der Waals surface area contributed by atoms with Gasteiger partial charge in [0.15, 0.2) is 0 Å². The predicted molar refractivity (Wildman–Crippen MR) is 226 cm³/mol. The first-order valence-electron chi connectivity index (χ1n) is 19.6. The average molecular weight is 868 g/mol. The van der Waals surface area contributed by atoms with Gasteiger partial charge in [-0.2, -0.15) is 0 Å². The van der Waals surface area contributed by atoms with Gasteiger partial charge in [0, 0.05) is 43.6 Å². The van der Waals surface area contributed by atoms with Gasteiger partial charge in [0.25, 0.3) is 5.91 Å². The number of ether oxygens (including phenoxy) is 2. The van der Waals surface area contributed by atoms with E-state index in [2.05, 4.69) is 26.2 Å². The number of methoxy groups -OCH3 is 2. The van der Waals surface area contributed by atoms with Crippen LogP contribution in [0.15, 0.2) is 51.7 Å². The van der Waals surface area contributed by atoms with E-state index in [4.69, 9.17) is 19.0 Å². The second kappa shape index (κ2) is 20.1. The molecule has 1 aliphatic rings. The zero-order chi connectivity index (χ0) is 43.8. The first kappa shape index (κ1) is 46.1. The van der Waals surface area contributed by atoms with Gasteiger partial charge in [-0.25, -0.2) is 24.6 Å². The number of carbonyl (C=O) groups excluding carboxylic acids is 4. The predicted octanol–water partition coefficient (Wildman–Crippen LogP) is 4.75. The van der Waals surface area contributed by atoms with Gasteiger partial charge in [-0.3, -0.25) is 15.0 Å². The van der Waals surface area contributed by atoms with Crippen LogP contribution in [0, 0.1) is 17.8 Å². The van der Waals surface area contributed by atoms with Crippen molar-refractivity contribution in [3.63, 3.8) is 0 Å². The number of nitrogens with zero attached hydrogens (tertiary/aromatic N) is 6. The van der Waals surface area contributed by atoms with Crippen LogP contribution in [0.5, 0.6) is 0 Å². The number of alkyl carbamates (subject to hydrolysis) is 1. The molecule has 4 heterocycles. The normalized spacial score (nSPS) is 15.5. The fourth-order valence-electron chi connectivity index (χ4n) is 6.94. The maximum atomic E-state index is 14.6. The molecule has 0 unspecified atom stereocenters. The molecule has 19 heteroatoms. The number of aryl methyl sites for hydroxylation is 1. The number of rotatable bonds is 18. The van der Waals surface area contributed by atoms with Crippen LogP contribution < -0.4 is 16.1 Å². The largest absolute Gasteiger partial charge is 0.453 e. The van der Waals surface area contributed by atoms with Crippen LogP contribution in [0.1, 0.15) is 69.3 Å². The number of hydrogen-bond donors (Lipinski definition) is 4. The maximum Gasteiger partial charge on any atom is 0.407 e. The number of carbonyl (C=O) groups is 4. The molecule has 1 aromatic carbocycles. The Morgan fingerprint density at radius 1 is 0.967 bits per heavy atom. The smallest absolute Gasteiger partial charge is 0.407 e. The molecule has 0 saturated carbocycles. The van der Waals surface area contributed by atoms with E-state index in [0.29, 0.717) is 48.4 Å². The van der Waals surface area contributed by atoms with Gasteiger partial charge in [0.2, 0.25) is 5.91 Å². The second-order valence-electron chi connectivity index (χ2n) is 17.0. The number of aliphatic hydroxyl groups excluding tert-OH is 1. The monoisotopic (exact) mass is 867 g/mol. The fourth-order valence-corrected chi connectivity index (χ4v) is 8.46. The number of aliphatic hydroxyl groups is 1. The lowest BCUT2D eigenvalue weighted by Gasteiger charge is -2.38. The first-order chi connectivity index (χ1) is 28.4. The molecule has 5 amide bonds. The second-order valence-corrected chi connectivity index (χ2v) is 18.8. The van der Waals surface area contributed by atoms with E-state index in [0.717, 1.165) is 16.3 Å². The van der Waals surface area contributed by atoms with Crippen molar-refractivity contribution < 1.29 is 38.3 Å². The minimum Gasteiger partial charge on any atom is -0.453 e. The summed E-state index contributed by atoms with van der Waals surface area (Å²) in [4.78, 5) is 67.4. The molecule has 4 N–H and O–H groups in total. The number of amides is 5. The number of benzene rings is 1. The summed E-state index contributed by atoms with van der Waals surface area (Å²) in [6.45, 7) is 14.2. The molecule has 4 atom stereocenters. The molecule has 4 aromatic rings. The highest BCUT2D eigenvalue weighted by atomic mass is 32.1. The van der Waals surface area contributed by atoms with E-state index in [1.807, 2.05) is 61.9 Å². The lowest BCUT2D eigenvalue weighted by Crippen LogP contribution is -2.61. The van der Waals surface area contributed by atoms with Gasteiger partial charge in [0.05, 0.1) is 50.3 Å². The van der Waals surface area contributed by atoms with Crippen molar-refractivity contribution in [3.8, 4) is 10.7 Å². The Bertz CT molecular complexity index is 2060. The summed E-state index contributed by atoms with van der Waals surface area (Å²) in [5, 5.41) is 28.6. The van der Waals surface area contributed by atoms with Crippen LogP contribution in [0.2, 0.25) is 0 Å². The molecule has 0 spiro atoms. The van der Waals surface area contributed by atoms with Crippen LogP contribution in [-0.2, 0) is 45.2 Å². The Labute approximate surface area is 358 Å². The third-order valence-electron chi connectivity index (χ3n) is 9.82. The van der Waals surface area contributed by atoms with E-state index in [1.54, 1.807) is 50.7 Å². The summed E-state index contributed by atoms with van der Waals surface area (Å²) >= 11 is 2.81. The first-order valence-corrected chi connectivity index (χ1v) is 21.4. The molecule has 17 nitrogen and oxygen atoms in total. The Balaban J connectivity index is 1.40. The van der Waals surface area contributed by atoms with E-state index >= 15 is 0 Å². The lowest BCUT2D eigenvalue weighted by atomic mass is 9.84. The summed E-state index contributed by atoms with van der Waals surface area (Å²) in [6.07, 6.45) is -1.80. The lowest BCUT2D eigenvalue weighted by molar-refractivity contribution is -0.133. The van der Waals surface area contributed by atoms with Crippen molar-refractivity contribution in [1.82, 2.24) is 46.0 Å². The Kier molecular flexibility index (Phi) is 15.4. The zero-order valence-corrected chi connectivity index (χ0v) is 37.3. The number of aromatic nitrogens is 3. The molecule has 0 aliphatic carbocycles.